The zero-order valence-electron chi connectivity index (χ0n) is 19.5. The van der Waals surface area contributed by atoms with Crippen molar-refractivity contribution in [2.45, 2.75) is 6.23 Å². The Morgan fingerprint density at radius 1 is 1.25 bits per heavy atom. The highest BCUT2D eigenvalue weighted by Crippen LogP contribution is 2.37. The molecule has 1 atom stereocenters. The largest absolute Gasteiger partial charge is 0.474 e. The molecule has 4 heterocycles. The van der Waals surface area contributed by atoms with Gasteiger partial charge in [-0.15, -0.1) is 0 Å². The van der Waals surface area contributed by atoms with Gasteiger partial charge in [0.15, 0.2) is 6.23 Å². The second-order valence-electron chi connectivity index (χ2n) is 8.51. The zero-order valence-corrected chi connectivity index (χ0v) is 21.0. The van der Waals surface area contributed by atoms with Crippen LogP contribution in [-0.2, 0) is 4.79 Å². The normalized spacial score (nSPS) is 14.0. The number of aromatic amines is 1. The summed E-state index contributed by atoms with van der Waals surface area (Å²) in [5.41, 5.74) is 9.45. The number of benzene rings is 1. The van der Waals surface area contributed by atoms with Crippen LogP contribution in [0, 0.1) is 0 Å². The molecule has 36 heavy (non-hydrogen) atoms. The summed E-state index contributed by atoms with van der Waals surface area (Å²) in [6, 6.07) is 7.29. The molecule has 0 saturated heterocycles. The predicted octanol–water partition coefficient (Wildman–Crippen LogP) is 3.65. The summed E-state index contributed by atoms with van der Waals surface area (Å²) >= 11 is 12.4. The van der Waals surface area contributed by atoms with E-state index in [0.717, 1.165) is 16.5 Å². The lowest BCUT2D eigenvalue weighted by Gasteiger charge is -2.29. The van der Waals surface area contributed by atoms with Crippen LogP contribution < -0.4 is 20.1 Å². The highest BCUT2D eigenvalue weighted by atomic mass is 35.5. The molecule has 1 amide bonds. The fraction of sp³-hybridized carbons (Fsp3) is 0.250. The number of likely N-dealkylation sites (N-methyl/N-ethyl adjacent to an activating group) is 1. The molecule has 0 spiro atoms. The molecule has 12 heteroatoms. The number of anilines is 1. The molecule has 1 aliphatic heterocycles. The molecule has 0 fully saturated rings. The maximum Gasteiger partial charge on any atom is 0.241 e. The highest BCUT2D eigenvalue weighted by molar-refractivity contribution is 6.35. The molecule has 0 saturated carbocycles. The van der Waals surface area contributed by atoms with Crippen LogP contribution in [0.15, 0.2) is 42.9 Å². The van der Waals surface area contributed by atoms with E-state index in [-0.39, 0.29) is 12.5 Å². The number of aromatic nitrogens is 4. The lowest BCUT2D eigenvalue weighted by molar-refractivity contribution is -0.119. The number of carbonyl (C=O) groups excluding carboxylic acids is 1. The minimum absolute atomic E-state index is 0.0338. The topological polar surface area (TPSA) is 122 Å². The number of ether oxygens (including phenoxy) is 2. The van der Waals surface area contributed by atoms with Crippen molar-refractivity contribution in [2.75, 3.05) is 38.7 Å². The monoisotopic (exact) mass is 527 g/mol. The van der Waals surface area contributed by atoms with Crippen LogP contribution in [0.25, 0.3) is 22.2 Å². The number of pyridine rings is 2. The lowest BCUT2D eigenvalue weighted by Crippen LogP contribution is -2.42. The summed E-state index contributed by atoms with van der Waals surface area (Å²) in [4.78, 5) is 24.7. The molecule has 3 N–H and O–H groups in total. The molecular weight excluding hydrogens is 505 g/mol. The van der Waals surface area contributed by atoms with E-state index < -0.39 is 6.23 Å². The third-order valence-electron chi connectivity index (χ3n) is 5.67. The summed E-state index contributed by atoms with van der Waals surface area (Å²) < 4.78 is 11.6. The van der Waals surface area contributed by atoms with Crippen LogP contribution in [0.1, 0.15) is 11.8 Å². The lowest BCUT2D eigenvalue weighted by atomic mass is 10.1. The molecule has 0 unspecified atom stereocenters. The first kappa shape index (κ1) is 24.3. The van der Waals surface area contributed by atoms with Crippen LogP contribution in [0.5, 0.6) is 11.6 Å². The Labute approximate surface area is 216 Å². The van der Waals surface area contributed by atoms with E-state index in [4.69, 9.17) is 38.4 Å². The number of carbonyl (C=O) groups is 1. The first-order chi connectivity index (χ1) is 17.3. The minimum atomic E-state index is -0.903. The van der Waals surface area contributed by atoms with Crippen LogP contribution >= 0.6 is 23.2 Å². The minimum Gasteiger partial charge on any atom is -0.474 e. The van der Waals surface area contributed by atoms with Crippen molar-refractivity contribution >= 4 is 45.7 Å². The first-order valence-corrected chi connectivity index (χ1v) is 11.8. The summed E-state index contributed by atoms with van der Waals surface area (Å²) in [6.45, 7) is 1.11. The molecule has 186 valence electrons. The molecule has 1 aromatic carbocycles. The van der Waals surface area contributed by atoms with Crippen LogP contribution in [0.4, 0.5) is 5.69 Å². The first-order valence-electron chi connectivity index (χ1n) is 11.1. The fourth-order valence-corrected chi connectivity index (χ4v) is 4.61. The van der Waals surface area contributed by atoms with Crippen molar-refractivity contribution in [3.05, 3.63) is 58.5 Å². The van der Waals surface area contributed by atoms with E-state index in [0.29, 0.717) is 51.8 Å². The Balaban J connectivity index is 1.48. The average molecular weight is 528 g/mol. The second kappa shape index (κ2) is 9.90. The number of amides is 1. The quantitative estimate of drug-likeness (QED) is 0.364. The van der Waals surface area contributed by atoms with Gasteiger partial charge >= 0.3 is 0 Å². The van der Waals surface area contributed by atoms with Gasteiger partial charge in [0, 0.05) is 35.1 Å². The van der Waals surface area contributed by atoms with Gasteiger partial charge in [-0.2, -0.15) is 5.10 Å². The Bertz CT molecular complexity index is 1420. The summed E-state index contributed by atoms with van der Waals surface area (Å²) in [5, 5.41) is 8.93. The number of nitrogens with zero attached hydrogens (tertiary/aromatic N) is 5. The number of hydrogen-bond acceptors (Lipinski definition) is 8. The Morgan fingerprint density at radius 2 is 2.03 bits per heavy atom. The van der Waals surface area contributed by atoms with Crippen LogP contribution in [0.3, 0.4) is 0 Å². The molecule has 4 aromatic rings. The van der Waals surface area contributed by atoms with Gasteiger partial charge in [0.1, 0.15) is 23.7 Å². The standard InChI is InChI=1S/C24H23Cl2N7O3/c1-32(2)12-20(34)33-5-6-35-24-19(33)7-13(9-29-24)22-15-8-14(3-4-18(15)30-31-22)36-23(27)21-16(25)10-28-11-17(21)26/h3-4,7-11,23H,5-6,12,27H2,1-2H3,(H,30,31)/t23-/m0/s1. The van der Waals surface area contributed by atoms with Gasteiger partial charge in [0.05, 0.1) is 28.7 Å². The van der Waals surface area contributed by atoms with E-state index >= 15 is 0 Å². The second-order valence-corrected chi connectivity index (χ2v) is 9.33. The van der Waals surface area contributed by atoms with Gasteiger partial charge < -0.3 is 19.3 Å². The molecule has 5 rings (SSSR count). The fourth-order valence-electron chi connectivity index (χ4n) is 4.03. The summed E-state index contributed by atoms with van der Waals surface area (Å²) in [6.07, 6.45) is 3.69. The Hall–Kier alpha value is -3.44. The van der Waals surface area contributed by atoms with Gasteiger partial charge in [0.25, 0.3) is 0 Å². The number of nitrogens with one attached hydrogen (secondary N) is 1. The molecule has 10 nitrogen and oxygen atoms in total. The van der Waals surface area contributed by atoms with E-state index in [2.05, 4.69) is 20.2 Å². The zero-order chi connectivity index (χ0) is 25.4. The molecule has 0 aliphatic carbocycles. The van der Waals surface area contributed by atoms with Crippen LogP contribution in [0.2, 0.25) is 10.0 Å². The van der Waals surface area contributed by atoms with Crippen molar-refractivity contribution in [1.29, 1.82) is 0 Å². The van der Waals surface area contributed by atoms with Crippen molar-refractivity contribution in [3.63, 3.8) is 0 Å². The molecule has 3 aromatic heterocycles. The SMILES string of the molecule is CN(C)CC(=O)N1CCOc2ncc(-c3n[nH]c4ccc(O[C@H](N)c5c(Cl)cncc5Cl)cc34)cc21. The van der Waals surface area contributed by atoms with Gasteiger partial charge in [-0.3, -0.25) is 20.6 Å². The number of nitrogens with two attached hydrogens (primary N) is 1. The van der Waals surface area contributed by atoms with Crippen molar-refractivity contribution in [3.8, 4) is 22.9 Å². The van der Waals surface area contributed by atoms with Gasteiger partial charge in [-0.05, 0) is 38.4 Å². The molecule has 0 radical (unpaired) electrons. The van der Waals surface area contributed by atoms with E-state index in [1.807, 2.05) is 37.2 Å². The molecule has 0 bridgehead atoms. The van der Waals surface area contributed by atoms with Gasteiger partial charge in [0.2, 0.25) is 11.8 Å². The number of fused-ring (bicyclic) bond motifs is 2. The smallest absolute Gasteiger partial charge is 0.241 e. The number of H-pyrrole nitrogens is 1. The van der Waals surface area contributed by atoms with E-state index in [9.17, 15) is 4.79 Å². The maximum atomic E-state index is 12.8. The maximum absolute atomic E-state index is 12.8. The highest BCUT2D eigenvalue weighted by Gasteiger charge is 2.26. The number of halogens is 2. The third-order valence-corrected chi connectivity index (χ3v) is 6.28. The third kappa shape index (κ3) is 4.68. The average Bonchev–Trinajstić information content (AvgIpc) is 3.26. The Morgan fingerprint density at radius 3 is 2.78 bits per heavy atom. The number of hydrogen-bond donors (Lipinski definition) is 2. The summed E-state index contributed by atoms with van der Waals surface area (Å²) in [5.74, 6) is 0.880. The van der Waals surface area contributed by atoms with Crippen molar-refractivity contribution < 1.29 is 14.3 Å². The van der Waals surface area contributed by atoms with Crippen molar-refractivity contribution in [2.24, 2.45) is 5.73 Å². The number of rotatable bonds is 6. The van der Waals surface area contributed by atoms with E-state index in [1.54, 1.807) is 17.2 Å². The van der Waals surface area contributed by atoms with Crippen LogP contribution in [-0.4, -0.2) is 64.8 Å². The van der Waals surface area contributed by atoms with Gasteiger partial charge in [-0.1, -0.05) is 23.2 Å². The molecule has 1 aliphatic rings. The Kier molecular flexibility index (Phi) is 6.67. The van der Waals surface area contributed by atoms with E-state index in [1.165, 1.54) is 12.4 Å². The van der Waals surface area contributed by atoms with Gasteiger partial charge in [-0.25, -0.2) is 4.98 Å². The summed E-state index contributed by atoms with van der Waals surface area (Å²) in [7, 11) is 3.71. The van der Waals surface area contributed by atoms with Crippen molar-refractivity contribution in [1.82, 2.24) is 25.1 Å². The predicted molar refractivity (Wildman–Crippen MR) is 138 cm³/mol. The molecular formula is C24H23Cl2N7O3.